The molecule has 0 bridgehead atoms. The molecule has 0 aliphatic carbocycles. The SMILES string of the molecule is CC(c1ccc(O)cc1)C(C)C(CC(C)(C)c1ccc(O)cc1)c1ccc(O)cc1. The van der Waals surface area contributed by atoms with E-state index < -0.39 is 0 Å². The molecule has 0 spiro atoms. The van der Waals surface area contributed by atoms with Crippen molar-refractivity contribution < 1.29 is 15.3 Å². The first-order valence-electron chi connectivity index (χ1n) is 10.5. The van der Waals surface area contributed by atoms with Crippen molar-refractivity contribution in [3.05, 3.63) is 89.5 Å². The van der Waals surface area contributed by atoms with E-state index in [1.807, 2.05) is 36.4 Å². The highest BCUT2D eigenvalue weighted by Crippen LogP contribution is 2.44. The molecule has 3 aromatic rings. The Morgan fingerprint density at radius 1 is 0.633 bits per heavy atom. The van der Waals surface area contributed by atoms with E-state index in [2.05, 4.69) is 27.7 Å². The molecule has 0 saturated carbocycles. The molecule has 3 aromatic carbocycles. The predicted molar refractivity (Wildman–Crippen MR) is 122 cm³/mol. The summed E-state index contributed by atoms with van der Waals surface area (Å²) in [7, 11) is 0. The maximum atomic E-state index is 9.78. The first-order valence-corrected chi connectivity index (χ1v) is 10.5. The van der Waals surface area contributed by atoms with Gasteiger partial charge in [-0.3, -0.25) is 0 Å². The molecule has 3 rings (SSSR count). The zero-order valence-electron chi connectivity index (χ0n) is 18.2. The van der Waals surface area contributed by atoms with Gasteiger partial charge >= 0.3 is 0 Å². The molecule has 0 radical (unpaired) electrons. The van der Waals surface area contributed by atoms with Crippen LogP contribution in [-0.2, 0) is 5.41 Å². The fraction of sp³-hybridized carbons (Fsp3) is 0.333. The molecule has 0 aliphatic heterocycles. The minimum Gasteiger partial charge on any atom is -0.508 e. The average molecular weight is 405 g/mol. The van der Waals surface area contributed by atoms with Crippen LogP contribution in [0.1, 0.15) is 62.6 Å². The molecule has 158 valence electrons. The lowest BCUT2D eigenvalue weighted by Crippen LogP contribution is -2.26. The summed E-state index contributed by atoms with van der Waals surface area (Å²) in [6.45, 7) is 9.00. The van der Waals surface area contributed by atoms with Crippen molar-refractivity contribution in [1.82, 2.24) is 0 Å². The van der Waals surface area contributed by atoms with E-state index in [-0.39, 0.29) is 28.6 Å². The number of hydrogen-bond donors (Lipinski definition) is 3. The topological polar surface area (TPSA) is 60.7 Å². The van der Waals surface area contributed by atoms with Crippen molar-refractivity contribution in [2.24, 2.45) is 5.92 Å². The fourth-order valence-corrected chi connectivity index (χ4v) is 4.34. The van der Waals surface area contributed by atoms with E-state index in [0.717, 1.165) is 6.42 Å². The normalized spacial score (nSPS) is 14.8. The van der Waals surface area contributed by atoms with Gasteiger partial charge in [0.25, 0.3) is 0 Å². The molecule has 3 atom stereocenters. The van der Waals surface area contributed by atoms with Gasteiger partial charge in [-0.15, -0.1) is 0 Å². The van der Waals surface area contributed by atoms with Crippen LogP contribution in [0.4, 0.5) is 0 Å². The van der Waals surface area contributed by atoms with Crippen LogP contribution in [0.5, 0.6) is 17.2 Å². The third-order valence-electron chi connectivity index (χ3n) is 6.54. The van der Waals surface area contributed by atoms with Crippen LogP contribution in [0.15, 0.2) is 72.8 Å². The van der Waals surface area contributed by atoms with Crippen molar-refractivity contribution in [2.45, 2.75) is 51.4 Å². The Kier molecular flexibility index (Phi) is 6.40. The summed E-state index contributed by atoms with van der Waals surface area (Å²) >= 11 is 0. The van der Waals surface area contributed by atoms with Crippen LogP contribution in [0.25, 0.3) is 0 Å². The van der Waals surface area contributed by atoms with E-state index >= 15 is 0 Å². The quantitative estimate of drug-likeness (QED) is 0.411. The van der Waals surface area contributed by atoms with Gasteiger partial charge in [-0.1, -0.05) is 64.1 Å². The van der Waals surface area contributed by atoms with Crippen LogP contribution >= 0.6 is 0 Å². The van der Waals surface area contributed by atoms with Gasteiger partial charge in [-0.05, 0) is 82.7 Å². The number of hydrogen-bond acceptors (Lipinski definition) is 3. The molecular weight excluding hydrogens is 372 g/mol. The van der Waals surface area contributed by atoms with Crippen molar-refractivity contribution in [3.63, 3.8) is 0 Å². The van der Waals surface area contributed by atoms with Crippen molar-refractivity contribution in [2.75, 3.05) is 0 Å². The Labute approximate surface area is 179 Å². The lowest BCUT2D eigenvalue weighted by molar-refractivity contribution is 0.317. The number of benzene rings is 3. The van der Waals surface area contributed by atoms with Gasteiger partial charge in [0.1, 0.15) is 17.2 Å². The summed E-state index contributed by atoms with van der Waals surface area (Å²) in [5.74, 6) is 1.71. The summed E-state index contributed by atoms with van der Waals surface area (Å²) in [6, 6.07) is 22.5. The zero-order chi connectivity index (χ0) is 21.9. The Morgan fingerprint density at radius 2 is 1.03 bits per heavy atom. The minimum absolute atomic E-state index is 0.0980. The van der Waals surface area contributed by atoms with E-state index in [4.69, 9.17) is 0 Å². The summed E-state index contributed by atoms with van der Waals surface area (Å²) in [4.78, 5) is 0. The van der Waals surface area contributed by atoms with Crippen molar-refractivity contribution in [1.29, 1.82) is 0 Å². The molecule has 30 heavy (non-hydrogen) atoms. The minimum atomic E-state index is -0.0980. The van der Waals surface area contributed by atoms with E-state index in [1.165, 1.54) is 16.7 Å². The largest absolute Gasteiger partial charge is 0.508 e. The first kappa shape index (κ1) is 21.8. The fourth-order valence-electron chi connectivity index (χ4n) is 4.34. The van der Waals surface area contributed by atoms with Gasteiger partial charge in [-0.25, -0.2) is 0 Å². The van der Waals surface area contributed by atoms with E-state index in [0.29, 0.717) is 11.8 Å². The Balaban J connectivity index is 1.94. The van der Waals surface area contributed by atoms with Gasteiger partial charge in [0, 0.05) is 0 Å². The second kappa shape index (κ2) is 8.83. The van der Waals surface area contributed by atoms with Crippen molar-refractivity contribution >= 4 is 0 Å². The molecule has 0 saturated heterocycles. The summed E-state index contributed by atoms with van der Waals surface area (Å²) in [6.07, 6.45) is 0.923. The van der Waals surface area contributed by atoms with Crippen LogP contribution in [-0.4, -0.2) is 15.3 Å². The molecule has 0 aliphatic rings. The molecule has 3 N–H and O–H groups in total. The predicted octanol–water partition coefficient (Wildman–Crippen LogP) is 6.69. The van der Waals surface area contributed by atoms with Gasteiger partial charge in [0.15, 0.2) is 0 Å². The highest BCUT2D eigenvalue weighted by atomic mass is 16.3. The Hall–Kier alpha value is -2.94. The molecule has 0 aromatic heterocycles. The molecule has 0 amide bonds. The second-order valence-electron chi connectivity index (χ2n) is 9.07. The smallest absolute Gasteiger partial charge is 0.115 e. The Morgan fingerprint density at radius 3 is 1.50 bits per heavy atom. The lowest BCUT2D eigenvalue weighted by atomic mass is 9.68. The number of rotatable bonds is 7. The molecular formula is C27H32O3. The molecule has 3 heteroatoms. The third-order valence-corrected chi connectivity index (χ3v) is 6.54. The monoisotopic (exact) mass is 404 g/mol. The second-order valence-corrected chi connectivity index (χ2v) is 9.07. The molecule has 3 nitrogen and oxygen atoms in total. The Bertz CT molecular complexity index is 941. The summed E-state index contributed by atoms with van der Waals surface area (Å²) in [5, 5.41) is 29.1. The van der Waals surface area contributed by atoms with E-state index in [9.17, 15) is 15.3 Å². The zero-order valence-corrected chi connectivity index (χ0v) is 18.2. The standard InChI is InChI=1S/C27H32O3/c1-18(20-5-11-23(28)12-6-20)19(2)26(21-7-13-24(29)14-8-21)17-27(3,4)22-9-15-25(30)16-10-22/h5-16,18-19,26,28-30H,17H2,1-4H3. The summed E-state index contributed by atoms with van der Waals surface area (Å²) in [5.41, 5.74) is 3.50. The first-order chi connectivity index (χ1) is 14.2. The molecule has 3 unspecified atom stereocenters. The third kappa shape index (κ3) is 4.96. The maximum Gasteiger partial charge on any atom is 0.115 e. The number of aromatic hydroxyl groups is 3. The lowest BCUT2D eigenvalue weighted by Gasteiger charge is -2.36. The van der Waals surface area contributed by atoms with Crippen LogP contribution < -0.4 is 0 Å². The van der Waals surface area contributed by atoms with Gasteiger partial charge in [-0.2, -0.15) is 0 Å². The van der Waals surface area contributed by atoms with Crippen molar-refractivity contribution in [3.8, 4) is 17.2 Å². The number of phenols is 3. The number of phenolic OH excluding ortho intramolecular Hbond substituents is 3. The highest BCUT2D eigenvalue weighted by Gasteiger charge is 2.32. The van der Waals surface area contributed by atoms with Crippen LogP contribution in [0.3, 0.4) is 0 Å². The van der Waals surface area contributed by atoms with E-state index in [1.54, 1.807) is 36.4 Å². The molecule has 0 fully saturated rings. The van der Waals surface area contributed by atoms with Gasteiger partial charge in [0.05, 0.1) is 0 Å². The average Bonchev–Trinajstić information content (AvgIpc) is 2.72. The maximum absolute atomic E-state index is 9.78. The summed E-state index contributed by atoms with van der Waals surface area (Å²) < 4.78 is 0. The molecule has 0 heterocycles. The van der Waals surface area contributed by atoms with Gasteiger partial charge in [0.2, 0.25) is 0 Å². The highest BCUT2D eigenvalue weighted by molar-refractivity contribution is 5.34. The van der Waals surface area contributed by atoms with Gasteiger partial charge < -0.3 is 15.3 Å². The van der Waals surface area contributed by atoms with Crippen LogP contribution in [0.2, 0.25) is 0 Å². The van der Waals surface area contributed by atoms with Crippen LogP contribution in [0, 0.1) is 5.92 Å².